The lowest BCUT2D eigenvalue weighted by Gasteiger charge is -2.37. The maximum Gasteiger partial charge on any atom is 0.229 e. The molecule has 1 aromatic rings. The number of piperidine rings is 1. The molecule has 4 rings (SSSR count). The number of carbonyl (C=O) groups is 2. The van der Waals surface area contributed by atoms with Gasteiger partial charge >= 0.3 is 0 Å². The van der Waals surface area contributed by atoms with Crippen LogP contribution in [0.3, 0.4) is 0 Å². The molecule has 2 aliphatic heterocycles. The summed E-state index contributed by atoms with van der Waals surface area (Å²) in [6, 6.07) is 1.84. The van der Waals surface area contributed by atoms with Gasteiger partial charge in [0.25, 0.3) is 0 Å². The molecule has 2 saturated heterocycles. The van der Waals surface area contributed by atoms with E-state index in [0.29, 0.717) is 19.4 Å². The van der Waals surface area contributed by atoms with Crippen LogP contribution in [0.15, 0.2) is 18.5 Å². The van der Waals surface area contributed by atoms with Crippen molar-refractivity contribution >= 4 is 17.8 Å². The van der Waals surface area contributed by atoms with Gasteiger partial charge in [0.05, 0.1) is 0 Å². The van der Waals surface area contributed by atoms with Gasteiger partial charge in [-0.05, 0) is 50.6 Å². The second-order valence-electron chi connectivity index (χ2n) is 8.90. The van der Waals surface area contributed by atoms with Crippen LogP contribution in [-0.4, -0.2) is 82.6 Å². The summed E-state index contributed by atoms with van der Waals surface area (Å²) in [7, 11) is 0. The fourth-order valence-electron chi connectivity index (χ4n) is 4.99. The number of rotatable bonds is 6. The Morgan fingerprint density at radius 1 is 0.935 bits per heavy atom. The number of piperazine rings is 1. The number of aliphatic hydroxyl groups is 1. The summed E-state index contributed by atoms with van der Waals surface area (Å²) in [5, 5.41) is 7.57. The zero-order valence-electron chi connectivity index (χ0n) is 18.8. The van der Waals surface area contributed by atoms with Crippen molar-refractivity contribution in [2.24, 2.45) is 5.41 Å². The van der Waals surface area contributed by atoms with Gasteiger partial charge in [-0.3, -0.25) is 19.4 Å². The number of imide groups is 1. The van der Waals surface area contributed by atoms with E-state index < -0.39 is 0 Å². The molecule has 2 amide bonds. The van der Waals surface area contributed by atoms with Crippen molar-refractivity contribution in [2.45, 2.75) is 58.3 Å². The van der Waals surface area contributed by atoms with Crippen LogP contribution in [0.1, 0.15) is 58.3 Å². The molecule has 8 nitrogen and oxygen atoms in total. The monoisotopic (exact) mass is 431 g/mol. The van der Waals surface area contributed by atoms with Crippen LogP contribution in [0.2, 0.25) is 0 Å². The summed E-state index contributed by atoms with van der Waals surface area (Å²) < 4.78 is 0. The van der Waals surface area contributed by atoms with E-state index in [-0.39, 0.29) is 23.8 Å². The zero-order valence-corrected chi connectivity index (χ0v) is 18.8. The van der Waals surface area contributed by atoms with Crippen LogP contribution < -0.4 is 4.90 Å². The summed E-state index contributed by atoms with van der Waals surface area (Å²) in [5.41, 5.74) is 0.00676. The number of likely N-dealkylation sites (tertiary alicyclic amines) is 1. The van der Waals surface area contributed by atoms with Gasteiger partial charge in [0.2, 0.25) is 17.8 Å². The highest BCUT2D eigenvalue weighted by atomic mass is 16.2. The number of hydrogen-bond acceptors (Lipinski definition) is 7. The van der Waals surface area contributed by atoms with Crippen LogP contribution in [-0.2, 0) is 9.59 Å². The van der Waals surface area contributed by atoms with E-state index in [0.717, 1.165) is 64.4 Å². The summed E-state index contributed by atoms with van der Waals surface area (Å²) in [6.45, 7) is 7.42. The lowest BCUT2D eigenvalue weighted by molar-refractivity contribution is -0.153. The lowest BCUT2D eigenvalue weighted by Crippen LogP contribution is -2.48. The second-order valence-corrected chi connectivity index (χ2v) is 8.90. The Hall–Kier alpha value is -2.06. The molecule has 0 bridgehead atoms. The van der Waals surface area contributed by atoms with Gasteiger partial charge in [-0.1, -0.05) is 12.8 Å². The Morgan fingerprint density at radius 3 is 2.06 bits per heavy atom. The van der Waals surface area contributed by atoms with Gasteiger partial charge in [0.15, 0.2) is 0 Å². The largest absolute Gasteiger partial charge is 0.397 e. The number of hydrogen-bond donors (Lipinski definition) is 1. The van der Waals surface area contributed by atoms with E-state index in [1.165, 1.54) is 17.7 Å². The first-order chi connectivity index (χ1) is 15.1. The summed E-state index contributed by atoms with van der Waals surface area (Å²) in [5.74, 6) is 0.938. The molecule has 31 heavy (non-hydrogen) atoms. The topological polar surface area (TPSA) is 89.9 Å². The minimum absolute atomic E-state index is 0.00676. The van der Waals surface area contributed by atoms with Gasteiger partial charge in [-0.15, -0.1) is 0 Å². The normalized spacial score (nSPS) is 21.4. The molecule has 1 spiro atoms. The first kappa shape index (κ1) is 23.6. The standard InChI is InChI=1S/C21H31N5O2.C2H6O/c27-18-16-21(6-1-2-7-21)17-19(28)26(18)11-4-3-10-24-12-14-25(15-13-24)20-22-8-5-9-23-20;1-2-3/h5,8-9H,1-4,6-7,10-17H2;3H,2H2,1H3. The van der Waals surface area contributed by atoms with Crippen LogP contribution in [0.4, 0.5) is 5.95 Å². The summed E-state index contributed by atoms with van der Waals surface area (Å²) in [4.78, 5) is 39.9. The minimum atomic E-state index is 0.00676. The Bertz CT molecular complexity index is 680. The molecule has 1 N–H and O–H groups in total. The average molecular weight is 432 g/mol. The smallest absolute Gasteiger partial charge is 0.229 e. The minimum Gasteiger partial charge on any atom is -0.397 e. The van der Waals surface area contributed by atoms with E-state index >= 15 is 0 Å². The van der Waals surface area contributed by atoms with Gasteiger partial charge in [-0.25, -0.2) is 9.97 Å². The molecule has 1 aliphatic carbocycles. The zero-order chi connectivity index (χ0) is 22.1. The third-order valence-electron chi connectivity index (χ3n) is 6.63. The van der Waals surface area contributed by atoms with Crippen LogP contribution in [0, 0.1) is 5.41 Å². The number of aromatic nitrogens is 2. The van der Waals surface area contributed by atoms with Crippen molar-refractivity contribution in [2.75, 3.05) is 50.8 Å². The van der Waals surface area contributed by atoms with Gasteiger partial charge in [0, 0.05) is 64.6 Å². The second kappa shape index (κ2) is 11.5. The molecule has 1 aromatic heterocycles. The highest BCUT2D eigenvalue weighted by Gasteiger charge is 2.44. The number of anilines is 1. The van der Waals surface area contributed by atoms with Crippen molar-refractivity contribution in [1.29, 1.82) is 0 Å². The highest BCUT2D eigenvalue weighted by molar-refractivity contribution is 5.98. The van der Waals surface area contributed by atoms with Gasteiger partial charge in [-0.2, -0.15) is 0 Å². The van der Waals surface area contributed by atoms with Crippen molar-refractivity contribution in [3.63, 3.8) is 0 Å². The number of unbranched alkanes of at least 4 members (excludes halogenated alkanes) is 1. The molecule has 172 valence electrons. The average Bonchev–Trinajstić information content (AvgIpc) is 3.21. The Morgan fingerprint density at radius 2 is 1.48 bits per heavy atom. The molecule has 8 heteroatoms. The first-order valence-corrected chi connectivity index (χ1v) is 11.8. The van der Waals surface area contributed by atoms with Crippen molar-refractivity contribution in [3.8, 4) is 0 Å². The summed E-state index contributed by atoms with van der Waals surface area (Å²) in [6.07, 6.45) is 11.1. The molecule has 0 unspecified atom stereocenters. The van der Waals surface area contributed by atoms with E-state index in [1.54, 1.807) is 19.3 Å². The maximum absolute atomic E-state index is 12.5. The molecule has 3 fully saturated rings. The fraction of sp³-hybridized carbons (Fsp3) is 0.739. The third kappa shape index (κ3) is 6.46. The molecule has 0 radical (unpaired) electrons. The molecule has 1 saturated carbocycles. The van der Waals surface area contributed by atoms with Crippen molar-refractivity contribution < 1.29 is 14.7 Å². The van der Waals surface area contributed by atoms with E-state index in [2.05, 4.69) is 19.8 Å². The predicted octanol–water partition coefficient (Wildman–Crippen LogP) is 2.09. The first-order valence-electron chi connectivity index (χ1n) is 11.8. The Kier molecular flexibility index (Phi) is 8.78. The SMILES string of the molecule is CCO.O=C1CC2(CCCC2)CC(=O)N1CCCCN1CCN(c2ncccn2)CC1. The number of nitrogens with zero attached hydrogens (tertiary/aromatic N) is 5. The molecular weight excluding hydrogens is 394 g/mol. The van der Waals surface area contributed by atoms with E-state index in [4.69, 9.17) is 5.11 Å². The lowest BCUT2D eigenvalue weighted by atomic mass is 9.76. The van der Waals surface area contributed by atoms with Crippen LogP contribution >= 0.6 is 0 Å². The highest BCUT2D eigenvalue weighted by Crippen LogP contribution is 2.46. The molecule has 0 aromatic carbocycles. The third-order valence-corrected chi connectivity index (χ3v) is 6.63. The maximum atomic E-state index is 12.5. The van der Waals surface area contributed by atoms with Gasteiger partial charge in [0.1, 0.15) is 0 Å². The van der Waals surface area contributed by atoms with Crippen molar-refractivity contribution in [1.82, 2.24) is 19.8 Å². The van der Waals surface area contributed by atoms with Crippen molar-refractivity contribution in [3.05, 3.63) is 18.5 Å². The van der Waals surface area contributed by atoms with Gasteiger partial charge < -0.3 is 10.0 Å². The molecule has 3 aliphatic rings. The Balaban J connectivity index is 0.000000858. The van der Waals surface area contributed by atoms with Crippen LogP contribution in [0.25, 0.3) is 0 Å². The van der Waals surface area contributed by atoms with E-state index in [1.807, 2.05) is 6.07 Å². The Labute approximate surface area is 185 Å². The number of aliphatic hydroxyl groups excluding tert-OH is 1. The predicted molar refractivity (Wildman–Crippen MR) is 120 cm³/mol. The molecule has 0 atom stereocenters. The van der Waals surface area contributed by atoms with Crippen LogP contribution in [0.5, 0.6) is 0 Å². The summed E-state index contributed by atoms with van der Waals surface area (Å²) >= 11 is 0. The molecular formula is C23H37N5O3. The quantitative estimate of drug-likeness (QED) is 0.545. The molecule has 3 heterocycles. The number of carbonyl (C=O) groups excluding carboxylic acids is 2. The fourth-order valence-corrected chi connectivity index (χ4v) is 4.99. The van der Waals surface area contributed by atoms with E-state index in [9.17, 15) is 9.59 Å². The number of amides is 2.